The third-order valence-corrected chi connectivity index (χ3v) is 6.85. The number of phenols is 1. The van der Waals surface area contributed by atoms with Gasteiger partial charge in [-0.25, -0.2) is 0 Å². The Morgan fingerprint density at radius 2 is 1.88 bits per heavy atom. The van der Waals surface area contributed by atoms with Crippen molar-refractivity contribution in [2.24, 2.45) is 11.3 Å². The molecule has 2 aromatic rings. The Morgan fingerprint density at radius 3 is 2.53 bits per heavy atom. The van der Waals surface area contributed by atoms with Gasteiger partial charge in [0, 0.05) is 25.0 Å². The number of ether oxygens (including phenoxy) is 1. The van der Waals surface area contributed by atoms with Crippen LogP contribution in [0.1, 0.15) is 49.8 Å². The number of carbonyl (C=O) groups excluding carboxylic acids is 2. The molecule has 4 rings (SSSR count). The Bertz CT molecular complexity index is 1080. The van der Waals surface area contributed by atoms with Gasteiger partial charge in [-0.15, -0.1) is 0 Å². The van der Waals surface area contributed by atoms with Crippen molar-refractivity contribution in [3.8, 4) is 5.75 Å². The highest BCUT2D eigenvalue weighted by Crippen LogP contribution is 2.48. The van der Waals surface area contributed by atoms with Gasteiger partial charge in [-0.3, -0.25) is 9.59 Å². The predicted octanol–water partition coefficient (Wildman–Crippen LogP) is 4.00. The number of carbonyl (C=O) groups is 2. The van der Waals surface area contributed by atoms with Crippen LogP contribution in [-0.4, -0.2) is 35.1 Å². The highest BCUT2D eigenvalue weighted by Gasteiger charge is 2.51. The maximum atomic E-state index is 12.7. The fourth-order valence-corrected chi connectivity index (χ4v) is 5.03. The molecule has 0 radical (unpaired) electrons. The molecule has 6 heteroatoms. The van der Waals surface area contributed by atoms with E-state index >= 15 is 0 Å². The van der Waals surface area contributed by atoms with Gasteiger partial charge in [-0.2, -0.15) is 0 Å². The SMILES string of the molecule is CO[C@@H]1C(=O)Nc2ccc(C=C[C@]3(C)CCC(=O)[C@@H](C)C3)c(O)c2[C@@]1(O)c1ccccc1. The van der Waals surface area contributed by atoms with E-state index < -0.39 is 17.6 Å². The van der Waals surface area contributed by atoms with Crippen molar-refractivity contribution < 1.29 is 24.5 Å². The molecule has 168 valence electrons. The van der Waals surface area contributed by atoms with E-state index in [0.29, 0.717) is 29.0 Å². The van der Waals surface area contributed by atoms with Crippen molar-refractivity contribution in [1.29, 1.82) is 0 Å². The van der Waals surface area contributed by atoms with Crippen LogP contribution in [0.25, 0.3) is 6.08 Å². The van der Waals surface area contributed by atoms with Gasteiger partial charge in [0.2, 0.25) is 0 Å². The molecule has 0 bridgehead atoms. The number of rotatable bonds is 4. The Kier molecular flexibility index (Phi) is 5.69. The molecule has 32 heavy (non-hydrogen) atoms. The van der Waals surface area contributed by atoms with Gasteiger partial charge in [0.1, 0.15) is 11.5 Å². The minimum Gasteiger partial charge on any atom is -0.507 e. The summed E-state index contributed by atoms with van der Waals surface area (Å²) in [5.74, 6) is -0.295. The van der Waals surface area contributed by atoms with Crippen LogP contribution >= 0.6 is 0 Å². The molecule has 3 N–H and O–H groups in total. The average molecular weight is 436 g/mol. The van der Waals surface area contributed by atoms with E-state index in [9.17, 15) is 19.8 Å². The van der Waals surface area contributed by atoms with Crippen LogP contribution in [0, 0.1) is 11.3 Å². The number of aromatic hydroxyl groups is 1. The lowest BCUT2D eigenvalue weighted by molar-refractivity contribution is -0.142. The van der Waals surface area contributed by atoms with Crippen molar-refractivity contribution in [3.05, 3.63) is 65.2 Å². The molecular formula is C26H29NO5. The molecule has 1 aliphatic heterocycles. The van der Waals surface area contributed by atoms with Crippen LogP contribution in [-0.2, 0) is 19.9 Å². The number of Topliss-reactive ketones (excluding diaryl/α,β-unsaturated/α-hetero) is 1. The minimum absolute atomic E-state index is 0.0105. The molecule has 0 spiro atoms. The summed E-state index contributed by atoms with van der Waals surface area (Å²) in [4.78, 5) is 24.6. The number of amides is 1. The highest BCUT2D eigenvalue weighted by atomic mass is 16.5. The molecular weight excluding hydrogens is 406 g/mol. The molecule has 1 saturated carbocycles. The third-order valence-electron chi connectivity index (χ3n) is 6.85. The first-order valence-electron chi connectivity index (χ1n) is 10.9. The van der Waals surface area contributed by atoms with Crippen LogP contribution in [0.3, 0.4) is 0 Å². The van der Waals surface area contributed by atoms with Gasteiger partial charge in [0.15, 0.2) is 11.7 Å². The summed E-state index contributed by atoms with van der Waals surface area (Å²) in [6.45, 7) is 4.07. The number of allylic oxidation sites excluding steroid dienone is 1. The molecule has 2 aromatic carbocycles. The summed E-state index contributed by atoms with van der Waals surface area (Å²) in [5.41, 5.74) is -0.505. The summed E-state index contributed by atoms with van der Waals surface area (Å²) < 4.78 is 5.40. The highest BCUT2D eigenvalue weighted by molar-refractivity contribution is 6.00. The Morgan fingerprint density at radius 1 is 1.16 bits per heavy atom. The van der Waals surface area contributed by atoms with E-state index in [4.69, 9.17) is 4.74 Å². The number of benzene rings is 2. The monoisotopic (exact) mass is 435 g/mol. The van der Waals surface area contributed by atoms with Crippen LogP contribution in [0.15, 0.2) is 48.5 Å². The summed E-state index contributed by atoms with van der Waals surface area (Å²) >= 11 is 0. The van der Waals surface area contributed by atoms with Crippen molar-refractivity contribution in [3.63, 3.8) is 0 Å². The molecule has 1 fully saturated rings. The number of hydrogen-bond acceptors (Lipinski definition) is 5. The molecule has 0 aromatic heterocycles. The first-order valence-corrected chi connectivity index (χ1v) is 10.9. The number of ketones is 1. The number of phenolic OH excluding ortho intramolecular Hbond substituents is 1. The second-order valence-electron chi connectivity index (χ2n) is 9.22. The summed E-state index contributed by atoms with van der Waals surface area (Å²) in [7, 11) is 1.36. The fourth-order valence-electron chi connectivity index (χ4n) is 5.03. The lowest BCUT2D eigenvalue weighted by atomic mass is 9.70. The molecule has 4 atom stereocenters. The van der Waals surface area contributed by atoms with Crippen molar-refractivity contribution in [2.75, 3.05) is 12.4 Å². The largest absolute Gasteiger partial charge is 0.507 e. The Labute approximate surface area is 187 Å². The van der Waals surface area contributed by atoms with Gasteiger partial charge >= 0.3 is 0 Å². The topological polar surface area (TPSA) is 95.9 Å². The van der Waals surface area contributed by atoms with Gasteiger partial charge in [0.05, 0.1) is 11.3 Å². The lowest BCUT2D eigenvalue weighted by Crippen LogP contribution is -2.52. The number of hydrogen-bond donors (Lipinski definition) is 3. The standard InChI is InChI=1S/C26H29NO5/c1-16-15-25(2,14-12-20(16)28)13-11-17-9-10-19-21(22(17)29)26(31,18-7-5-4-6-8-18)23(32-3)24(30)27-19/h4-11,13,16,23,29,31H,12,14-15H2,1-3H3,(H,27,30)/t16-,23+,25+,26-/m0/s1. The zero-order valence-electron chi connectivity index (χ0n) is 18.6. The first kappa shape index (κ1) is 22.2. The van der Waals surface area contributed by atoms with E-state index in [1.165, 1.54) is 7.11 Å². The number of nitrogens with one attached hydrogen (secondary N) is 1. The molecule has 1 aliphatic carbocycles. The maximum Gasteiger partial charge on any atom is 0.257 e. The van der Waals surface area contributed by atoms with Gasteiger partial charge < -0.3 is 20.3 Å². The quantitative estimate of drug-likeness (QED) is 0.675. The van der Waals surface area contributed by atoms with Crippen molar-refractivity contribution in [1.82, 2.24) is 0 Å². The number of anilines is 1. The van der Waals surface area contributed by atoms with E-state index in [1.807, 2.05) is 25.1 Å². The van der Waals surface area contributed by atoms with E-state index in [0.717, 1.165) is 12.8 Å². The Balaban J connectivity index is 1.80. The number of methoxy groups -OCH3 is 1. The van der Waals surface area contributed by atoms with Crippen molar-refractivity contribution in [2.45, 2.75) is 44.8 Å². The summed E-state index contributed by atoms with van der Waals surface area (Å²) in [6, 6.07) is 12.1. The summed E-state index contributed by atoms with van der Waals surface area (Å²) in [5, 5.41) is 25.9. The van der Waals surface area contributed by atoms with Crippen LogP contribution in [0.5, 0.6) is 5.75 Å². The zero-order chi connectivity index (χ0) is 23.1. The Hall–Kier alpha value is -2.96. The van der Waals surface area contributed by atoms with Crippen LogP contribution in [0.4, 0.5) is 5.69 Å². The van der Waals surface area contributed by atoms with E-state index in [1.54, 1.807) is 36.4 Å². The smallest absolute Gasteiger partial charge is 0.257 e. The molecule has 2 aliphatic rings. The molecule has 1 amide bonds. The van der Waals surface area contributed by atoms with Gasteiger partial charge in [-0.05, 0) is 36.0 Å². The lowest BCUT2D eigenvalue weighted by Gasteiger charge is -2.40. The minimum atomic E-state index is -1.86. The second kappa shape index (κ2) is 8.19. The summed E-state index contributed by atoms with van der Waals surface area (Å²) in [6.07, 6.45) is 4.70. The average Bonchev–Trinajstić information content (AvgIpc) is 2.77. The molecule has 6 nitrogen and oxygen atoms in total. The van der Waals surface area contributed by atoms with Crippen LogP contribution < -0.4 is 5.32 Å². The number of aliphatic hydroxyl groups is 1. The zero-order valence-corrected chi connectivity index (χ0v) is 18.6. The molecule has 0 unspecified atom stereocenters. The molecule has 0 saturated heterocycles. The van der Waals surface area contributed by atoms with E-state index in [2.05, 4.69) is 12.2 Å². The first-order chi connectivity index (χ1) is 15.2. The normalized spacial score (nSPS) is 30.2. The fraction of sp³-hybridized carbons (Fsp3) is 0.385. The predicted molar refractivity (Wildman–Crippen MR) is 122 cm³/mol. The van der Waals surface area contributed by atoms with E-state index in [-0.39, 0.29) is 22.6 Å². The number of fused-ring (bicyclic) bond motifs is 1. The van der Waals surface area contributed by atoms with Gasteiger partial charge in [-0.1, -0.05) is 56.3 Å². The second-order valence-corrected chi connectivity index (χ2v) is 9.22. The molecule has 1 heterocycles. The maximum absolute atomic E-state index is 12.7. The van der Waals surface area contributed by atoms with Crippen LogP contribution in [0.2, 0.25) is 0 Å². The van der Waals surface area contributed by atoms with Crippen molar-refractivity contribution >= 4 is 23.5 Å². The third kappa shape index (κ3) is 3.63. The van der Waals surface area contributed by atoms with Gasteiger partial charge in [0.25, 0.3) is 5.91 Å².